The number of hydrogen-bond acceptors (Lipinski definition) is 7. The van der Waals surface area contributed by atoms with Crippen molar-refractivity contribution in [3.63, 3.8) is 0 Å². The molecule has 0 aliphatic rings. The molecule has 0 aliphatic carbocycles. The van der Waals surface area contributed by atoms with Gasteiger partial charge in [0.1, 0.15) is 0 Å². The van der Waals surface area contributed by atoms with E-state index in [-0.39, 0.29) is 0 Å². The second-order valence-electron chi connectivity index (χ2n) is 9.53. The maximum absolute atomic E-state index is 5.80. The largest absolute Gasteiger partial charge is 0.463 e. The molecule has 1 aromatic rings. The molecule has 0 fully saturated rings. The Morgan fingerprint density at radius 3 is 1.94 bits per heavy atom. The Hall–Kier alpha value is -0.790. The highest BCUT2D eigenvalue weighted by Crippen LogP contribution is 2.21. The number of rotatable bonds is 24. The van der Waals surface area contributed by atoms with Crippen molar-refractivity contribution >= 4 is 23.5 Å². The summed E-state index contributed by atoms with van der Waals surface area (Å²) in [7, 11) is 4.19. The van der Waals surface area contributed by atoms with E-state index in [1.807, 2.05) is 6.26 Å². The number of nitrogens with zero attached hydrogens (tertiary/aromatic N) is 4. The second-order valence-corrected chi connectivity index (χ2v) is 11.4. The highest BCUT2D eigenvalue weighted by atomic mass is 32.2. The Morgan fingerprint density at radius 1 is 0.714 bits per heavy atom. The Labute approximate surface area is 225 Å². The summed E-state index contributed by atoms with van der Waals surface area (Å²) in [6.45, 7) is 4.02. The first-order chi connectivity index (χ1) is 17.2. The van der Waals surface area contributed by atoms with Crippen LogP contribution in [0.1, 0.15) is 110 Å². The van der Waals surface area contributed by atoms with Crippen LogP contribution in [0.15, 0.2) is 22.5 Å². The van der Waals surface area contributed by atoms with E-state index in [9.17, 15) is 0 Å². The molecule has 7 heteroatoms. The number of unbranched alkanes of at least 4 members (excludes halogenated alkanes) is 13. The zero-order valence-electron chi connectivity index (χ0n) is 23.1. The van der Waals surface area contributed by atoms with Crippen LogP contribution in [0.2, 0.25) is 0 Å². The molecule has 0 radical (unpaired) electrons. The van der Waals surface area contributed by atoms with Gasteiger partial charge in [0.15, 0.2) is 10.3 Å². The molecule has 1 rings (SSSR count). The fourth-order valence-corrected chi connectivity index (χ4v) is 4.98. The third-order valence-electron chi connectivity index (χ3n) is 5.87. The van der Waals surface area contributed by atoms with E-state index in [0.717, 1.165) is 35.5 Å². The van der Waals surface area contributed by atoms with Crippen molar-refractivity contribution in [3.05, 3.63) is 12.2 Å². The number of thioether (sulfide) groups is 2. The van der Waals surface area contributed by atoms with Crippen LogP contribution in [0.3, 0.4) is 0 Å². The zero-order chi connectivity index (χ0) is 25.4. The van der Waals surface area contributed by atoms with Crippen LogP contribution in [0.4, 0.5) is 0 Å². The van der Waals surface area contributed by atoms with E-state index in [2.05, 4.69) is 53.0 Å². The quantitative estimate of drug-likeness (QED) is 0.0763. The first-order valence-corrected chi connectivity index (χ1v) is 16.2. The predicted octanol–water partition coefficient (Wildman–Crippen LogP) is 8.44. The minimum atomic E-state index is 0.470. The van der Waals surface area contributed by atoms with Gasteiger partial charge >= 0.3 is 6.01 Å². The summed E-state index contributed by atoms with van der Waals surface area (Å²) in [5, 5.41) is 1.53. The van der Waals surface area contributed by atoms with Crippen molar-refractivity contribution < 1.29 is 4.74 Å². The van der Waals surface area contributed by atoms with Crippen LogP contribution in [0.5, 0.6) is 6.01 Å². The van der Waals surface area contributed by atoms with Gasteiger partial charge in [0, 0.05) is 5.75 Å². The molecule has 1 heterocycles. The lowest BCUT2D eigenvalue weighted by Gasteiger charge is -2.10. The van der Waals surface area contributed by atoms with Crippen LogP contribution in [0.25, 0.3) is 0 Å². The summed E-state index contributed by atoms with van der Waals surface area (Å²) in [5.74, 6) is 1.06. The monoisotopic (exact) mass is 524 g/mol. The van der Waals surface area contributed by atoms with Gasteiger partial charge in [-0.05, 0) is 71.8 Å². The lowest BCUT2D eigenvalue weighted by atomic mass is 10.1. The summed E-state index contributed by atoms with van der Waals surface area (Å²) >= 11 is 3.27. The van der Waals surface area contributed by atoms with E-state index in [1.54, 1.807) is 23.5 Å². The highest BCUT2D eigenvalue weighted by molar-refractivity contribution is 7.99. The maximum Gasteiger partial charge on any atom is 0.321 e. The van der Waals surface area contributed by atoms with Gasteiger partial charge in [-0.1, -0.05) is 100 Å². The molecule has 1 aromatic heterocycles. The van der Waals surface area contributed by atoms with Crippen molar-refractivity contribution in [2.24, 2.45) is 0 Å². The molecule has 0 atom stereocenters. The van der Waals surface area contributed by atoms with Crippen molar-refractivity contribution in [3.8, 4) is 6.01 Å². The van der Waals surface area contributed by atoms with E-state index < -0.39 is 0 Å². The fraction of sp³-hybridized carbons (Fsp3) is 0.821. The maximum atomic E-state index is 5.80. The van der Waals surface area contributed by atoms with Crippen LogP contribution < -0.4 is 4.74 Å². The van der Waals surface area contributed by atoms with Crippen LogP contribution >= 0.6 is 23.5 Å². The number of allylic oxidation sites excluding steroid dienone is 2. The molecule has 0 saturated heterocycles. The molecule has 35 heavy (non-hydrogen) atoms. The van der Waals surface area contributed by atoms with Crippen molar-refractivity contribution in [2.45, 2.75) is 120 Å². The second kappa shape index (κ2) is 23.6. The van der Waals surface area contributed by atoms with Gasteiger partial charge in [0.05, 0.1) is 6.61 Å². The molecule has 0 bridgehead atoms. The van der Waals surface area contributed by atoms with Crippen LogP contribution in [0, 0.1) is 0 Å². The Kier molecular flexibility index (Phi) is 21.7. The molecule has 0 aromatic carbocycles. The smallest absolute Gasteiger partial charge is 0.321 e. The number of ether oxygens (including phenoxy) is 1. The van der Waals surface area contributed by atoms with Crippen molar-refractivity contribution in [2.75, 3.05) is 39.3 Å². The van der Waals surface area contributed by atoms with Crippen LogP contribution in [-0.2, 0) is 0 Å². The SMILES string of the molecule is CCCCCCCC/C=C\CCCCCCCCSc1nc(OCCCCN(C)C)nc(SC)n1. The third kappa shape index (κ3) is 20.0. The molecular weight excluding hydrogens is 472 g/mol. The molecule has 0 spiro atoms. The summed E-state index contributed by atoms with van der Waals surface area (Å²) in [6.07, 6.45) is 27.7. The van der Waals surface area contributed by atoms with Gasteiger partial charge in [-0.3, -0.25) is 0 Å². The molecule has 202 valence electrons. The topological polar surface area (TPSA) is 51.1 Å². The molecule has 5 nitrogen and oxygen atoms in total. The molecule has 0 saturated carbocycles. The Balaban J connectivity index is 2.04. The van der Waals surface area contributed by atoms with Gasteiger partial charge in [-0.15, -0.1) is 0 Å². The van der Waals surface area contributed by atoms with Crippen LogP contribution in [-0.4, -0.2) is 59.1 Å². The van der Waals surface area contributed by atoms with Gasteiger partial charge in [0.2, 0.25) is 0 Å². The molecule has 0 aliphatic heterocycles. The fourth-order valence-electron chi connectivity index (χ4n) is 3.75. The summed E-state index contributed by atoms with van der Waals surface area (Å²) in [4.78, 5) is 15.7. The third-order valence-corrected chi connectivity index (χ3v) is 7.36. The highest BCUT2D eigenvalue weighted by Gasteiger charge is 2.08. The minimum Gasteiger partial charge on any atom is -0.463 e. The lowest BCUT2D eigenvalue weighted by Crippen LogP contribution is -2.14. The molecule has 0 amide bonds. The average Bonchev–Trinajstić information content (AvgIpc) is 2.85. The van der Waals surface area contributed by atoms with Crippen molar-refractivity contribution in [1.82, 2.24) is 19.9 Å². The predicted molar refractivity (Wildman–Crippen MR) is 155 cm³/mol. The Bertz CT molecular complexity index is 643. The zero-order valence-corrected chi connectivity index (χ0v) is 24.7. The molecule has 0 unspecified atom stereocenters. The molecule has 0 N–H and O–H groups in total. The van der Waals surface area contributed by atoms with Gasteiger partial charge in [0.25, 0.3) is 0 Å². The van der Waals surface area contributed by atoms with Gasteiger partial charge < -0.3 is 9.64 Å². The Morgan fingerprint density at radius 2 is 1.31 bits per heavy atom. The number of hydrogen-bond donors (Lipinski definition) is 0. The van der Waals surface area contributed by atoms with E-state index >= 15 is 0 Å². The first-order valence-electron chi connectivity index (χ1n) is 14.0. The standard InChI is InChI=1S/C28H52N4OS2/c1-5-6-7-8-9-10-11-12-13-14-15-16-17-18-19-22-25-35-28-30-26(29-27(31-28)34-4)33-24-21-20-23-32(2)3/h12-13H,5-11,14-25H2,1-4H3/b13-12-. The first kappa shape index (κ1) is 32.2. The molecular formula is C28H52N4OS2. The van der Waals surface area contributed by atoms with E-state index in [4.69, 9.17) is 4.74 Å². The lowest BCUT2D eigenvalue weighted by molar-refractivity contribution is 0.267. The summed E-state index contributed by atoms with van der Waals surface area (Å²) in [5.41, 5.74) is 0. The average molecular weight is 525 g/mol. The number of aromatic nitrogens is 3. The van der Waals surface area contributed by atoms with Crippen molar-refractivity contribution in [1.29, 1.82) is 0 Å². The summed E-state index contributed by atoms with van der Waals surface area (Å²) in [6, 6.07) is 0.470. The minimum absolute atomic E-state index is 0.470. The van der Waals surface area contributed by atoms with Gasteiger partial charge in [-0.25, -0.2) is 0 Å². The van der Waals surface area contributed by atoms with E-state index in [1.165, 1.54) is 89.9 Å². The van der Waals surface area contributed by atoms with E-state index in [0.29, 0.717) is 12.6 Å². The van der Waals surface area contributed by atoms with Gasteiger partial charge in [-0.2, -0.15) is 15.0 Å². The normalized spacial score (nSPS) is 11.7. The summed E-state index contributed by atoms with van der Waals surface area (Å²) < 4.78 is 5.80.